The van der Waals surface area contributed by atoms with Crippen molar-refractivity contribution in [2.24, 2.45) is 0 Å². The number of aliphatic hydroxyl groups excluding tert-OH is 1. The van der Waals surface area contributed by atoms with Crippen LogP contribution in [0.1, 0.15) is 35.8 Å². The third kappa shape index (κ3) is 2.07. The third-order valence-corrected chi connectivity index (χ3v) is 4.52. The molecule has 0 spiro atoms. The van der Waals surface area contributed by atoms with E-state index in [1.807, 2.05) is 6.07 Å². The summed E-state index contributed by atoms with van der Waals surface area (Å²) in [5.74, 6) is 0. The summed E-state index contributed by atoms with van der Waals surface area (Å²) in [6.45, 7) is 0.827. The largest absolute Gasteiger partial charge is 0.387 e. The molecule has 2 heteroatoms. The van der Waals surface area contributed by atoms with Crippen LogP contribution in [0.3, 0.4) is 0 Å². The number of hydrogen-bond acceptors (Lipinski definition) is 1. The van der Waals surface area contributed by atoms with Crippen LogP contribution in [0, 0.1) is 0 Å². The molecule has 0 bridgehead atoms. The second-order valence-corrected chi connectivity index (χ2v) is 5.86. The van der Waals surface area contributed by atoms with Gasteiger partial charge in [-0.05, 0) is 36.5 Å². The molecule has 2 nitrogen and oxygen atoms in total. The van der Waals surface area contributed by atoms with E-state index in [2.05, 4.69) is 53.1 Å². The van der Waals surface area contributed by atoms with Gasteiger partial charge in [-0.2, -0.15) is 0 Å². The van der Waals surface area contributed by atoms with Gasteiger partial charge in [-0.1, -0.05) is 48.5 Å². The van der Waals surface area contributed by atoms with Gasteiger partial charge in [-0.25, -0.2) is 0 Å². The Hall–Kier alpha value is -2.06. The minimum atomic E-state index is -0.329. The Morgan fingerprint density at radius 3 is 2.62 bits per heavy atom. The molecule has 4 rings (SSSR count). The molecule has 0 radical (unpaired) electrons. The fourth-order valence-electron chi connectivity index (χ4n) is 3.58. The molecule has 0 saturated heterocycles. The molecule has 1 atom stereocenters. The van der Waals surface area contributed by atoms with E-state index >= 15 is 0 Å². The first-order valence-electron chi connectivity index (χ1n) is 7.66. The summed E-state index contributed by atoms with van der Waals surface area (Å²) in [5, 5.41) is 11.8. The molecule has 1 aliphatic rings. The molecule has 1 aliphatic carbocycles. The molecule has 0 fully saturated rings. The topological polar surface area (TPSA) is 25.2 Å². The van der Waals surface area contributed by atoms with E-state index in [1.54, 1.807) is 0 Å². The highest BCUT2D eigenvalue weighted by atomic mass is 16.3. The molecule has 1 N–H and O–H groups in total. The quantitative estimate of drug-likeness (QED) is 0.751. The monoisotopic (exact) mass is 277 g/mol. The van der Waals surface area contributed by atoms with Crippen LogP contribution < -0.4 is 0 Å². The lowest BCUT2D eigenvalue weighted by atomic mass is 9.93. The van der Waals surface area contributed by atoms with Crippen molar-refractivity contribution in [3.05, 3.63) is 71.4 Å². The maximum Gasteiger partial charge on any atom is 0.0943 e. The Morgan fingerprint density at radius 1 is 1.00 bits per heavy atom. The van der Waals surface area contributed by atoms with Gasteiger partial charge in [-0.15, -0.1) is 0 Å². The van der Waals surface area contributed by atoms with Crippen LogP contribution in [0.15, 0.2) is 54.6 Å². The minimum absolute atomic E-state index is 0.329. The molecule has 3 aromatic rings. The Labute approximate surface area is 124 Å². The summed E-state index contributed by atoms with van der Waals surface area (Å²) in [4.78, 5) is 0. The van der Waals surface area contributed by atoms with Gasteiger partial charge in [-0.3, -0.25) is 0 Å². The predicted octanol–water partition coefficient (Wildman–Crippen LogP) is 4.06. The van der Waals surface area contributed by atoms with Crippen molar-refractivity contribution >= 4 is 10.9 Å². The Balaban J connectivity index is 1.93. The Kier molecular flexibility index (Phi) is 3.04. The van der Waals surface area contributed by atoms with Crippen LogP contribution in [0.4, 0.5) is 0 Å². The smallest absolute Gasteiger partial charge is 0.0943 e. The molecule has 0 unspecified atom stereocenters. The number of aryl methyl sites for hydroxylation is 1. The summed E-state index contributed by atoms with van der Waals surface area (Å²) in [6, 6.07) is 19.0. The van der Waals surface area contributed by atoms with Crippen molar-refractivity contribution < 1.29 is 5.11 Å². The van der Waals surface area contributed by atoms with Gasteiger partial charge in [0.05, 0.1) is 11.8 Å². The van der Waals surface area contributed by atoms with Crippen LogP contribution in [-0.2, 0) is 13.0 Å². The minimum Gasteiger partial charge on any atom is -0.387 e. The maximum absolute atomic E-state index is 10.5. The van der Waals surface area contributed by atoms with Crippen molar-refractivity contribution in [2.75, 3.05) is 0 Å². The highest BCUT2D eigenvalue weighted by Crippen LogP contribution is 2.37. The standard InChI is InChI=1S/C19H19NO/c21-18-12-6-10-16-15-9-4-5-11-17(15)20(19(16)18)13-14-7-2-1-3-8-14/h1-5,7-9,11,18,21H,6,10,12-13H2/t18-/m0/s1. The Morgan fingerprint density at radius 2 is 1.76 bits per heavy atom. The van der Waals surface area contributed by atoms with Crippen LogP contribution in [-0.4, -0.2) is 9.67 Å². The number of nitrogens with zero attached hydrogens (tertiary/aromatic N) is 1. The molecular formula is C19H19NO. The van der Waals surface area contributed by atoms with E-state index in [4.69, 9.17) is 0 Å². The molecule has 0 saturated carbocycles. The van der Waals surface area contributed by atoms with E-state index in [9.17, 15) is 5.11 Å². The lowest BCUT2D eigenvalue weighted by Crippen LogP contribution is -2.14. The van der Waals surface area contributed by atoms with Crippen molar-refractivity contribution in [3.63, 3.8) is 0 Å². The van der Waals surface area contributed by atoms with Gasteiger partial charge >= 0.3 is 0 Å². The lowest BCUT2D eigenvalue weighted by Gasteiger charge is -2.21. The number of aliphatic hydroxyl groups is 1. The molecular weight excluding hydrogens is 258 g/mol. The van der Waals surface area contributed by atoms with E-state index in [-0.39, 0.29) is 6.10 Å². The van der Waals surface area contributed by atoms with E-state index in [1.165, 1.54) is 22.0 Å². The number of benzene rings is 2. The van der Waals surface area contributed by atoms with Crippen molar-refractivity contribution in [1.82, 2.24) is 4.57 Å². The zero-order valence-electron chi connectivity index (χ0n) is 12.0. The first kappa shape index (κ1) is 12.7. The third-order valence-electron chi connectivity index (χ3n) is 4.52. The molecule has 0 amide bonds. The van der Waals surface area contributed by atoms with E-state index in [0.717, 1.165) is 31.5 Å². The summed E-state index contributed by atoms with van der Waals surface area (Å²) < 4.78 is 2.31. The maximum atomic E-state index is 10.5. The second-order valence-electron chi connectivity index (χ2n) is 5.86. The van der Waals surface area contributed by atoms with Crippen molar-refractivity contribution in [1.29, 1.82) is 0 Å². The fourth-order valence-corrected chi connectivity index (χ4v) is 3.58. The first-order valence-corrected chi connectivity index (χ1v) is 7.66. The molecule has 106 valence electrons. The summed E-state index contributed by atoms with van der Waals surface area (Å²) >= 11 is 0. The SMILES string of the molecule is O[C@H]1CCCc2c1n(Cc1ccccc1)c1ccccc21. The summed E-state index contributed by atoms with van der Waals surface area (Å²) in [6.07, 6.45) is 2.70. The molecule has 1 heterocycles. The zero-order valence-corrected chi connectivity index (χ0v) is 12.0. The number of para-hydroxylation sites is 1. The highest BCUT2D eigenvalue weighted by Gasteiger charge is 2.25. The normalized spacial score (nSPS) is 17.9. The zero-order chi connectivity index (χ0) is 14.2. The second kappa shape index (κ2) is 5.05. The first-order chi connectivity index (χ1) is 10.3. The van der Waals surface area contributed by atoms with E-state index in [0.29, 0.717) is 0 Å². The van der Waals surface area contributed by atoms with Crippen LogP contribution in [0.2, 0.25) is 0 Å². The van der Waals surface area contributed by atoms with Crippen LogP contribution >= 0.6 is 0 Å². The molecule has 21 heavy (non-hydrogen) atoms. The Bertz CT molecular complexity index is 773. The lowest BCUT2D eigenvalue weighted by molar-refractivity contribution is 0.148. The van der Waals surface area contributed by atoms with Crippen molar-refractivity contribution in [3.8, 4) is 0 Å². The average Bonchev–Trinajstić information content (AvgIpc) is 2.84. The van der Waals surface area contributed by atoms with Gasteiger partial charge in [0.25, 0.3) is 0 Å². The van der Waals surface area contributed by atoms with E-state index < -0.39 is 0 Å². The number of rotatable bonds is 2. The summed E-state index contributed by atoms with van der Waals surface area (Å²) in [5.41, 5.74) is 5.00. The average molecular weight is 277 g/mol. The predicted molar refractivity (Wildman–Crippen MR) is 85.4 cm³/mol. The van der Waals surface area contributed by atoms with Gasteiger partial charge in [0.2, 0.25) is 0 Å². The van der Waals surface area contributed by atoms with Gasteiger partial charge < -0.3 is 9.67 Å². The van der Waals surface area contributed by atoms with Crippen LogP contribution in [0.5, 0.6) is 0 Å². The number of fused-ring (bicyclic) bond motifs is 3. The van der Waals surface area contributed by atoms with Gasteiger partial charge in [0.1, 0.15) is 0 Å². The fraction of sp³-hybridized carbons (Fsp3) is 0.263. The highest BCUT2D eigenvalue weighted by molar-refractivity contribution is 5.86. The van der Waals surface area contributed by atoms with Crippen LogP contribution in [0.25, 0.3) is 10.9 Å². The molecule has 0 aliphatic heterocycles. The molecule has 1 aromatic heterocycles. The molecule has 2 aromatic carbocycles. The summed E-state index contributed by atoms with van der Waals surface area (Å²) in [7, 11) is 0. The number of aromatic nitrogens is 1. The number of hydrogen-bond donors (Lipinski definition) is 1. The van der Waals surface area contributed by atoms with Crippen molar-refractivity contribution in [2.45, 2.75) is 31.9 Å². The van der Waals surface area contributed by atoms with Gasteiger partial charge in [0.15, 0.2) is 0 Å². The van der Waals surface area contributed by atoms with Gasteiger partial charge in [0, 0.05) is 17.4 Å².